The van der Waals surface area contributed by atoms with Crippen molar-refractivity contribution in [2.24, 2.45) is 0 Å². The maximum absolute atomic E-state index is 10.4. The fourth-order valence-electron chi connectivity index (χ4n) is 3.61. The summed E-state index contributed by atoms with van der Waals surface area (Å²) in [5, 5.41) is 10.4. The molecule has 1 aliphatic carbocycles. The predicted molar refractivity (Wildman–Crippen MR) is 81.9 cm³/mol. The van der Waals surface area contributed by atoms with Crippen LogP contribution in [0.2, 0.25) is 0 Å². The molecule has 21 heavy (non-hydrogen) atoms. The Labute approximate surface area is 127 Å². The quantitative estimate of drug-likeness (QED) is 0.904. The molecule has 116 valence electrons. The molecule has 3 rings (SSSR count). The Kier molecular flexibility index (Phi) is 5.22. The van der Waals surface area contributed by atoms with E-state index in [2.05, 4.69) is 16.0 Å². The average Bonchev–Trinajstić information content (AvgIpc) is 3.01. The van der Waals surface area contributed by atoms with Crippen LogP contribution in [0.25, 0.3) is 0 Å². The van der Waals surface area contributed by atoms with E-state index in [1.165, 1.54) is 18.4 Å². The standard InChI is InChI=1S/C17H26N2O2/c20-17-8-2-1-7-16(17)19(13-15-6-4-10-21-15)12-14-5-3-9-18-11-14/h3,5,9,11,15-17,20H,1-2,4,6-8,10,12-13H2. The smallest absolute Gasteiger partial charge is 0.0703 e. The Hall–Kier alpha value is -0.970. The van der Waals surface area contributed by atoms with E-state index in [0.717, 1.165) is 45.4 Å². The van der Waals surface area contributed by atoms with E-state index < -0.39 is 0 Å². The molecule has 0 radical (unpaired) electrons. The Morgan fingerprint density at radius 2 is 2.14 bits per heavy atom. The summed E-state index contributed by atoms with van der Waals surface area (Å²) >= 11 is 0. The minimum absolute atomic E-state index is 0.197. The maximum Gasteiger partial charge on any atom is 0.0703 e. The highest BCUT2D eigenvalue weighted by molar-refractivity contribution is 5.09. The molecular formula is C17H26N2O2. The molecule has 1 aliphatic heterocycles. The number of aliphatic hydroxyl groups excluding tert-OH is 1. The monoisotopic (exact) mass is 290 g/mol. The normalized spacial score (nSPS) is 29.9. The minimum Gasteiger partial charge on any atom is -0.391 e. The zero-order valence-corrected chi connectivity index (χ0v) is 12.7. The summed E-state index contributed by atoms with van der Waals surface area (Å²) < 4.78 is 5.81. The van der Waals surface area contributed by atoms with Gasteiger partial charge in [0, 0.05) is 38.1 Å². The average molecular weight is 290 g/mol. The summed E-state index contributed by atoms with van der Waals surface area (Å²) in [6, 6.07) is 4.37. The highest BCUT2D eigenvalue weighted by atomic mass is 16.5. The minimum atomic E-state index is -0.197. The first-order valence-electron chi connectivity index (χ1n) is 8.25. The van der Waals surface area contributed by atoms with Crippen molar-refractivity contribution in [2.75, 3.05) is 13.2 Å². The predicted octanol–water partition coefficient (Wildman–Crippen LogP) is 2.37. The summed E-state index contributed by atoms with van der Waals surface area (Å²) in [7, 11) is 0. The molecule has 1 N–H and O–H groups in total. The van der Waals surface area contributed by atoms with Gasteiger partial charge in [-0.25, -0.2) is 0 Å². The Morgan fingerprint density at radius 3 is 2.86 bits per heavy atom. The molecule has 4 nitrogen and oxygen atoms in total. The molecule has 0 spiro atoms. The Bertz CT molecular complexity index is 420. The molecule has 4 heteroatoms. The van der Waals surface area contributed by atoms with Gasteiger partial charge >= 0.3 is 0 Å². The van der Waals surface area contributed by atoms with Crippen LogP contribution in [0.15, 0.2) is 24.5 Å². The van der Waals surface area contributed by atoms with Gasteiger partial charge in [0.2, 0.25) is 0 Å². The van der Waals surface area contributed by atoms with Gasteiger partial charge in [-0.2, -0.15) is 0 Å². The molecule has 2 aliphatic rings. The first-order chi connectivity index (χ1) is 10.3. The highest BCUT2D eigenvalue weighted by Gasteiger charge is 2.31. The van der Waals surface area contributed by atoms with Gasteiger partial charge in [0.15, 0.2) is 0 Å². The van der Waals surface area contributed by atoms with Crippen LogP contribution in [0.3, 0.4) is 0 Å². The molecule has 1 aromatic rings. The molecule has 0 aromatic carbocycles. The molecule has 2 fully saturated rings. The third kappa shape index (κ3) is 4.02. The zero-order chi connectivity index (χ0) is 14.5. The first kappa shape index (κ1) is 14.9. The number of aromatic nitrogens is 1. The highest BCUT2D eigenvalue weighted by Crippen LogP contribution is 2.26. The molecule has 1 aromatic heterocycles. The van der Waals surface area contributed by atoms with Crippen LogP contribution in [0, 0.1) is 0 Å². The van der Waals surface area contributed by atoms with Crippen LogP contribution < -0.4 is 0 Å². The van der Waals surface area contributed by atoms with E-state index in [-0.39, 0.29) is 12.1 Å². The summed E-state index contributed by atoms with van der Waals surface area (Å²) in [6.07, 6.45) is 10.6. The lowest BCUT2D eigenvalue weighted by molar-refractivity contribution is -0.0121. The fraction of sp³-hybridized carbons (Fsp3) is 0.706. The lowest BCUT2D eigenvalue weighted by Crippen LogP contribution is -2.47. The van der Waals surface area contributed by atoms with Gasteiger partial charge in [0.05, 0.1) is 12.2 Å². The second-order valence-corrected chi connectivity index (χ2v) is 6.34. The van der Waals surface area contributed by atoms with Crippen molar-refractivity contribution in [3.8, 4) is 0 Å². The van der Waals surface area contributed by atoms with Crippen LogP contribution in [0.5, 0.6) is 0 Å². The third-order valence-electron chi connectivity index (χ3n) is 4.73. The van der Waals surface area contributed by atoms with Crippen molar-refractivity contribution in [3.05, 3.63) is 30.1 Å². The van der Waals surface area contributed by atoms with E-state index in [1.54, 1.807) is 0 Å². The van der Waals surface area contributed by atoms with Crippen LogP contribution >= 0.6 is 0 Å². The van der Waals surface area contributed by atoms with Crippen molar-refractivity contribution in [1.29, 1.82) is 0 Å². The van der Waals surface area contributed by atoms with Crippen molar-refractivity contribution in [1.82, 2.24) is 9.88 Å². The van der Waals surface area contributed by atoms with Gasteiger partial charge in [-0.3, -0.25) is 9.88 Å². The molecule has 1 saturated heterocycles. The van der Waals surface area contributed by atoms with Crippen LogP contribution in [0.1, 0.15) is 44.1 Å². The summed E-state index contributed by atoms with van der Waals surface area (Å²) in [5.74, 6) is 0. The lowest BCUT2D eigenvalue weighted by Gasteiger charge is -2.38. The van der Waals surface area contributed by atoms with Crippen molar-refractivity contribution in [2.45, 2.75) is 63.3 Å². The first-order valence-corrected chi connectivity index (χ1v) is 8.25. The Balaban J connectivity index is 1.69. The molecular weight excluding hydrogens is 264 g/mol. The van der Waals surface area contributed by atoms with Gasteiger partial charge in [-0.1, -0.05) is 18.9 Å². The van der Waals surface area contributed by atoms with Gasteiger partial charge in [-0.15, -0.1) is 0 Å². The number of pyridine rings is 1. The van der Waals surface area contributed by atoms with E-state index in [9.17, 15) is 5.11 Å². The number of hydrogen-bond donors (Lipinski definition) is 1. The summed E-state index contributed by atoms with van der Waals surface area (Å²) in [6.45, 7) is 2.67. The number of aliphatic hydroxyl groups is 1. The summed E-state index contributed by atoms with van der Waals surface area (Å²) in [5.41, 5.74) is 1.22. The number of hydrogen-bond acceptors (Lipinski definition) is 4. The largest absolute Gasteiger partial charge is 0.391 e. The molecule has 0 amide bonds. The van der Waals surface area contributed by atoms with E-state index in [1.807, 2.05) is 18.5 Å². The second-order valence-electron chi connectivity index (χ2n) is 6.34. The number of nitrogens with zero attached hydrogens (tertiary/aromatic N) is 2. The SMILES string of the molecule is OC1CCCCC1N(Cc1cccnc1)CC1CCCO1. The molecule has 3 unspecified atom stereocenters. The zero-order valence-electron chi connectivity index (χ0n) is 12.7. The van der Waals surface area contributed by atoms with Crippen LogP contribution in [-0.4, -0.2) is 46.4 Å². The van der Waals surface area contributed by atoms with Crippen molar-refractivity contribution in [3.63, 3.8) is 0 Å². The van der Waals surface area contributed by atoms with Crippen molar-refractivity contribution < 1.29 is 9.84 Å². The second kappa shape index (κ2) is 7.34. The molecule has 1 saturated carbocycles. The topological polar surface area (TPSA) is 45.6 Å². The number of rotatable bonds is 5. The van der Waals surface area contributed by atoms with E-state index in [0.29, 0.717) is 6.10 Å². The lowest BCUT2D eigenvalue weighted by atomic mass is 9.90. The van der Waals surface area contributed by atoms with Crippen LogP contribution in [-0.2, 0) is 11.3 Å². The van der Waals surface area contributed by atoms with E-state index >= 15 is 0 Å². The van der Waals surface area contributed by atoms with Crippen molar-refractivity contribution >= 4 is 0 Å². The molecule has 0 bridgehead atoms. The molecule has 3 atom stereocenters. The number of ether oxygens (including phenoxy) is 1. The van der Waals surface area contributed by atoms with E-state index in [4.69, 9.17) is 4.74 Å². The van der Waals surface area contributed by atoms with Gasteiger partial charge in [0.1, 0.15) is 0 Å². The van der Waals surface area contributed by atoms with Gasteiger partial charge < -0.3 is 9.84 Å². The van der Waals surface area contributed by atoms with Gasteiger partial charge in [0.25, 0.3) is 0 Å². The third-order valence-corrected chi connectivity index (χ3v) is 4.73. The maximum atomic E-state index is 10.4. The fourth-order valence-corrected chi connectivity index (χ4v) is 3.61. The summed E-state index contributed by atoms with van der Waals surface area (Å²) in [4.78, 5) is 6.64. The van der Waals surface area contributed by atoms with Gasteiger partial charge in [-0.05, 0) is 37.3 Å². The Morgan fingerprint density at radius 1 is 1.24 bits per heavy atom. The van der Waals surface area contributed by atoms with Crippen LogP contribution in [0.4, 0.5) is 0 Å². The molecule has 2 heterocycles.